The summed E-state index contributed by atoms with van der Waals surface area (Å²) in [6, 6.07) is 9.54. The van der Waals surface area contributed by atoms with Crippen molar-refractivity contribution in [2.75, 3.05) is 5.32 Å². The van der Waals surface area contributed by atoms with Crippen LogP contribution < -0.4 is 11.1 Å². The van der Waals surface area contributed by atoms with Gasteiger partial charge < -0.3 is 11.1 Å². The fourth-order valence-corrected chi connectivity index (χ4v) is 2.37. The Balaban J connectivity index is 2.28. The molecule has 2 aromatic rings. The van der Waals surface area contributed by atoms with Gasteiger partial charge in [-0.25, -0.2) is 4.39 Å². The van der Waals surface area contributed by atoms with Gasteiger partial charge >= 0.3 is 0 Å². The Hall–Kier alpha value is -1.79. The van der Waals surface area contributed by atoms with Crippen molar-refractivity contribution >= 4 is 44.7 Å². The Bertz CT molecular complexity index is 734. The summed E-state index contributed by atoms with van der Waals surface area (Å²) in [5.74, 6) is -0.786. The summed E-state index contributed by atoms with van der Waals surface area (Å²) in [6.07, 6.45) is 0. The summed E-state index contributed by atoms with van der Waals surface area (Å²) in [4.78, 5) is 12.4. The van der Waals surface area contributed by atoms with E-state index in [0.717, 1.165) is 5.56 Å². The van der Waals surface area contributed by atoms with Crippen molar-refractivity contribution in [3.05, 3.63) is 63.4 Å². The number of nitrogens with one attached hydrogen (secondary N) is 1. The topological polar surface area (TPSA) is 55.1 Å². The lowest BCUT2D eigenvalue weighted by molar-refractivity contribution is 0.102. The molecular weight excluding hydrogens is 355 g/mol. The normalized spacial score (nSPS) is 10.2. The third kappa shape index (κ3) is 3.65. The quantitative estimate of drug-likeness (QED) is 0.812. The first-order valence-electron chi connectivity index (χ1n) is 6.05. The molecule has 2 aromatic carbocycles. The Kier molecular flexibility index (Phi) is 4.69. The maximum atomic E-state index is 13.6. The minimum atomic E-state index is -0.437. The largest absolute Gasteiger partial charge is 0.389 e. The first-order chi connectivity index (χ1) is 9.88. The molecule has 3 nitrogen and oxygen atoms in total. The van der Waals surface area contributed by atoms with Crippen LogP contribution in [0.2, 0.25) is 0 Å². The van der Waals surface area contributed by atoms with E-state index in [1.54, 1.807) is 37.3 Å². The molecule has 0 heterocycles. The van der Waals surface area contributed by atoms with Crippen LogP contribution in [-0.4, -0.2) is 10.9 Å². The zero-order chi connectivity index (χ0) is 15.6. The molecule has 0 radical (unpaired) electrons. The number of thiocarbonyl (C=S) groups is 1. The van der Waals surface area contributed by atoms with Gasteiger partial charge in [-0.3, -0.25) is 4.79 Å². The van der Waals surface area contributed by atoms with E-state index in [9.17, 15) is 9.18 Å². The fourth-order valence-electron chi connectivity index (χ4n) is 1.79. The van der Waals surface area contributed by atoms with Gasteiger partial charge in [-0.15, -0.1) is 0 Å². The summed E-state index contributed by atoms with van der Waals surface area (Å²) >= 11 is 7.98. The minimum Gasteiger partial charge on any atom is -0.389 e. The van der Waals surface area contributed by atoms with E-state index < -0.39 is 5.82 Å². The smallest absolute Gasteiger partial charge is 0.255 e. The molecule has 3 N–H and O–H groups in total. The average Bonchev–Trinajstić information content (AvgIpc) is 2.44. The number of aryl methyl sites for hydroxylation is 1. The van der Waals surface area contributed by atoms with E-state index in [4.69, 9.17) is 18.0 Å². The van der Waals surface area contributed by atoms with Crippen LogP contribution in [0, 0.1) is 12.7 Å². The van der Waals surface area contributed by atoms with Crippen molar-refractivity contribution in [2.45, 2.75) is 6.92 Å². The first-order valence-corrected chi connectivity index (χ1v) is 7.25. The fraction of sp³-hybridized carbons (Fsp3) is 0.0667. The minimum absolute atomic E-state index is 0.218. The van der Waals surface area contributed by atoms with Gasteiger partial charge in [0.15, 0.2) is 0 Å². The van der Waals surface area contributed by atoms with Crippen LogP contribution >= 0.6 is 28.1 Å². The Labute approximate surface area is 135 Å². The predicted octanol–water partition coefficient (Wildman–Crippen LogP) is 3.78. The van der Waals surface area contributed by atoms with Gasteiger partial charge in [0.25, 0.3) is 5.91 Å². The van der Waals surface area contributed by atoms with E-state index in [0.29, 0.717) is 21.3 Å². The van der Waals surface area contributed by atoms with Gasteiger partial charge in [0.1, 0.15) is 10.8 Å². The van der Waals surface area contributed by atoms with Crippen LogP contribution in [-0.2, 0) is 0 Å². The summed E-state index contributed by atoms with van der Waals surface area (Å²) in [5, 5.41) is 2.68. The Morgan fingerprint density at radius 3 is 2.62 bits per heavy atom. The number of benzene rings is 2. The monoisotopic (exact) mass is 366 g/mol. The third-order valence-electron chi connectivity index (χ3n) is 2.92. The van der Waals surface area contributed by atoms with Gasteiger partial charge in [0.05, 0.1) is 4.47 Å². The molecule has 0 aliphatic heterocycles. The number of hydrogen-bond donors (Lipinski definition) is 2. The van der Waals surface area contributed by atoms with Crippen LogP contribution in [0.4, 0.5) is 10.1 Å². The molecule has 0 aromatic heterocycles. The standard InChI is InChI=1S/C15H12BrFN2OS/c1-8-5-11(16)12(17)7-13(8)19-15(20)10-4-2-3-9(6-10)14(18)21/h2-7H,1H3,(H2,18,21)(H,19,20). The molecule has 0 saturated carbocycles. The van der Waals surface area contributed by atoms with Crippen molar-refractivity contribution in [1.82, 2.24) is 0 Å². The molecule has 0 saturated heterocycles. The molecule has 0 unspecified atom stereocenters. The lowest BCUT2D eigenvalue weighted by Gasteiger charge is -2.10. The van der Waals surface area contributed by atoms with Crippen LogP contribution in [0.15, 0.2) is 40.9 Å². The maximum absolute atomic E-state index is 13.6. The molecule has 0 aliphatic rings. The molecule has 108 valence electrons. The number of rotatable bonds is 3. The number of carbonyl (C=O) groups is 1. The molecule has 0 aliphatic carbocycles. The highest BCUT2D eigenvalue weighted by atomic mass is 79.9. The Morgan fingerprint density at radius 2 is 1.95 bits per heavy atom. The molecule has 0 bridgehead atoms. The second kappa shape index (κ2) is 6.32. The third-order valence-corrected chi connectivity index (χ3v) is 3.77. The predicted molar refractivity (Wildman–Crippen MR) is 89.1 cm³/mol. The summed E-state index contributed by atoms with van der Waals surface area (Å²) in [7, 11) is 0. The van der Waals surface area contributed by atoms with Gasteiger partial charge in [0.2, 0.25) is 0 Å². The van der Waals surface area contributed by atoms with Gasteiger partial charge in [-0.2, -0.15) is 0 Å². The second-order valence-electron chi connectivity index (χ2n) is 4.48. The number of halogens is 2. The molecule has 6 heteroatoms. The number of anilines is 1. The van der Waals surface area contributed by atoms with Crippen molar-refractivity contribution in [3.63, 3.8) is 0 Å². The number of carbonyl (C=O) groups excluding carboxylic acids is 1. The highest BCUT2D eigenvalue weighted by Crippen LogP contribution is 2.24. The highest BCUT2D eigenvalue weighted by molar-refractivity contribution is 9.10. The van der Waals surface area contributed by atoms with E-state index in [1.165, 1.54) is 6.07 Å². The Morgan fingerprint density at radius 1 is 1.29 bits per heavy atom. The van der Waals surface area contributed by atoms with Gasteiger partial charge in [-0.1, -0.05) is 24.4 Å². The molecule has 21 heavy (non-hydrogen) atoms. The molecule has 2 rings (SSSR count). The zero-order valence-corrected chi connectivity index (χ0v) is 13.5. The number of nitrogens with two attached hydrogens (primary N) is 1. The van der Waals surface area contributed by atoms with Gasteiger partial charge in [-0.05, 0) is 52.7 Å². The van der Waals surface area contributed by atoms with Crippen molar-refractivity contribution in [2.24, 2.45) is 5.73 Å². The molecule has 0 spiro atoms. The average molecular weight is 367 g/mol. The van der Waals surface area contributed by atoms with Crippen molar-refractivity contribution in [3.8, 4) is 0 Å². The van der Waals surface area contributed by atoms with Crippen LogP contribution in [0.1, 0.15) is 21.5 Å². The summed E-state index contributed by atoms with van der Waals surface area (Å²) in [5.41, 5.74) is 7.72. The van der Waals surface area contributed by atoms with Gasteiger partial charge in [0, 0.05) is 16.8 Å². The van der Waals surface area contributed by atoms with Crippen LogP contribution in [0.5, 0.6) is 0 Å². The zero-order valence-electron chi connectivity index (χ0n) is 11.1. The molecule has 0 fully saturated rings. The van der Waals surface area contributed by atoms with E-state index in [1.807, 2.05) is 0 Å². The molecular formula is C15H12BrFN2OS. The van der Waals surface area contributed by atoms with E-state index >= 15 is 0 Å². The lowest BCUT2D eigenvalue weighted by Crippen LogP contribution is -2.15. The maximum Gasteiger partial charge on any atom is 0.255 e. The molecule has 0 atom stereocenters. The second-order valence-corrected chi connectivity index (χ2v) is 5.77. The number of amides is 1. The van der Waals surface area contributed by atoms with Crippen molar-refractivity contribution < 1.29 is 9.18 Å². The highest BCUT2D eigenvalue weighted by Gasteiger charge is 2.11. The lowest BCUT2D eigenvalue weighted by atomic mass is 10.1. The summed E-state index contributed by atoms with van der Waals surface area (Å²) in [6.45, 7) is 1.78. The van der Waals surface area contributed by atoms with E-state index in [-0.39, 0.29) is 10.9 Å². The number of hydrogen-bond acceptors (Lipinski definition) is 2. The van der Waals surface area contributed by atoms with Crippen LogP contribution in [0.25, 0.3) is 0 Å². The first kappa shape index (κ1) is 15.6. The summed E-state index contributed by atoms with van der Waals surface area (Å²) < 4.78 is 13.9. The van der Waals surface area contributed by atoms with Crippen LogP contribution in [0.3, 0.4) is 0 Å². The molecule has 1 amide bonds. The SMILES string of the molecule is Cc1cc(Br)c(F)cc1NC(=O)c1cccc(C(N)=S)c1. The van der Waals surface area contributed by atoms with E-state index in [2.05, 4.69) is 21.2 Å². The van der Waals surface area contributed by atoms with Crippen molar-refractivity contribution in [1.29, 1.82) is 0 Å².